The third-order valence-corrected chi connectivity index (χ3v) is 5.72. The number of nitrogens with zero attached hydrogens (tertiary/aromatic N) is 2. The minimum absolute atomic E-state index is 0.327. The maximum Gasteiger partial charge on any atom is 0.556 e. The second-order valence-corrected chi connectivity index (χ2v) is 8.05. The molecule has 0 saturated carbocycles. The molecule has 30 heavy (non-hydrogen) atoms. The maximum atomic E-state index is 13.8. The van der Waals surface area contributed by atoms with E-state index in [1.54, 1.807) is 66.9 Å². The Balaban J connectivity index is 1.81. The van der Waals surface area contributed by atoms with E-state index in [0.717, 1.165) is 10.1 Å². The summed E-state index contributed by atoms with van der Waals surface area (Å²) in [5.41, 5.74) is 0.513. The van der Waals surface area contributed by atoms with Crippen LogP contribution in [-0.4, -0.2) is 9.66 Å². The lowest BCUT2D eigenvalue weighted by Crippen LogP contribution is -2.32. The summed E-state index contributed by atoms with van der Waals surface area (Å²) in [6, 6.07) is 22.7. The lowest BCUT2D eigenvalue weighted by molar-refractivity contribution is 0.387. The van der Waals surface area contributed by atoms with Crippen molar-refractivity contribution in [2.45, 2.75) is 13.3 Å². The van der Waals surface area contributed by atoms with Crippen molar-refractivity contribution in [2.24, 2.45) is 0 Å². The van der Waals surface area contributed by atoms with E-state index in [9.17, 15) is 9.36 Å². The zero-order valence-corrected chi connectivity index (χ0v) is 17.2. The van der Waals surface area contributed by atoms with Gasteiger partial charge >= 0.3 is 7.75 Å². The molecule has 4 rings (SSSR count). The zero-order valence-electron chi connectivity index (χ0n) is 16.3. The van der Waals surface area contributed by atoms with Gasteiger partial charge in [-0.1, -0.05) is 43.3 Å². The van der Waals surface area contributed by atoms with Crippen molar-refractivity contribution < 1.29 is 13.6 Å². The summed E-state index contributed by atoms with van der Waals surface area (Å²) < 4.78 is 26.4. The molecule has 0 saturated heterocycles. The SMILES string of the molecule is CCc1cc2cccnc2n(NP(=O)(Oc2ccccc2)Oc2ccccc2)c1=O. The third-order valence-electron chi connectivity index (χ3n) is 4.38. The molecule has 7 nitrogen and oxygen atoms in total. The van der Waals surface area contributed by atoms with Crippen LogP contribution in [0.5, 0.6) is 11.5 Å². The highest BCUT2D eigenvalue weighted by molar-refractivity contribution is 7.55. The normalized spacial score (nSPS) is 11.2. The quantitative estimate of drug-likeness (QED) is 0.433. The fourth-order valence-electron chi connectivity index (χ4n) is 2.97. The number of para-hydroxylation sites is 2. The van der Waals surface area contributed by atoms with E-state index in [1.807, 2.05) is 25.1 Å². The smallest absolute Gasteiger partial charge is 0.399 e. The van der Waals surface area contributed by atoms with Gasteiger partial charge in [0.2, 0.25) is 0 Å². The summed E-state index contributed by atoms with van der Waals surface area (Å²) in [4.78, 5) is 17.3. The van der Waals surface area contributed by atoms with Gasteiger partial charge in [0.05, 0.1) is 0 Å². The molecular weight excluding hydrogens is 401 g/mol. The third kappa shape index (κ3) is 4.21. The molecule has 2 aromatic heterocycles. The van der Waals surface area contributed by atoms with Gasteiger partial charge in [0.1, 0.15) is 11.5 Å². The number of rotatable bonds is 7. The summed E-state index contributed by atoms with van der Waals surface area (Å²) >= 11 is 0. The predicted molar refractivity (Wildman–Crippen MR) is 116 cm³/mol. The monoisotopic (exact) mass is 421 g/mol. The van der Waals surface area contributed by atoms with Gasteiger partial charge in [-0.05, 0) is 48.9 Å². The van der Waals surface area contributed by atoms with E-state index in [4.69, 9.17) is 9.05 Å². The van der Waals surface area contributed by atoms with Gasteiger partial charge in [0.15, 0.2) is 5.65 Å². The van der Waals surface area contributed by atoms with E-state index in [1.165, 1.54) is 0 Å². The first-order valence-corrected chi connectivity index (χ1v) is 11.0. The van der Waals surface area contributed by atoms with Crippen LogP contribution < -0.4 is 19.8 Å². The molecular formula is C22H20N3O4P. The Morgan fingerprint density at radius 2 is 1.53 bits per heavy atom. The van der Waals surface area contributed by atoms with Crippen molar-refractivity contribution >= 4 is 18.8 Å². The molecule has 0 spiro atoms. The Labute approximate surface area is 173 Å². The highest BCUT2D eigenvalue weighted by atomic mass is 31.2. The molecule has 1 N–H and O–H groups in total. The second-order valence-electron chi connectivity index (χ2n) is 6.49. The Morgan fingerprint density at radius 3 is 2.10 bits per heavy atom. The summed E-state index contributed by atoms with van der Waals surface area (Å²) in [6.07, 6.45) is 2.07. The van der Waals surface area contributed by atoms with Gasteiger partial charge in [-0.25, -0.2) is 14.7 Å². The molecule has 2 heterocycles. The van der Waals surface area contributed by atoms with E-state index in [0.29, 0.717) is 29.1 Å². The van der Waals surface area contributed by atoms with Crippen molar-refractivity contribution in [2.75, 3.05) is 5.20 Å². The van der Waals surface area contributed by atoms with Crippen LogP contribution >= 0.6 is 7.75 Å². The van der Waals surface area contributed by atoms with Gasteiger partial charge in [-0.3, -0.25) is 4.79 Å². The van der Waals surface area contributed by atoms with Crippen molar-refractivity contribution in [1.29, 1.82) is 0 Å². The number of aromatic nitrogens is 2. The summed E-state index contributed by atoms with van der Waals surface area (Å²) in [6.45, 7) is 1.88. The number of pyridine rings is 2. The Hall–Kier alpha value is -3.57. The van der Waals surface area contributed by atoms with Gasteiger partial charge < -0.3 is 9.05 Å². The van der Waals surface area contributed by atoms with Crippen molar-refractivity contribution in [1.82, 2.24) is 9.66 Å². The lowest BCUT2D eigenvalue weighted by Gasteiger charge is -2.22. The largest absolute Gasteiger partial charge is 0.556 e. The molecule has 8 heteroatoms. The fraction of sp³-hybridized carbons (Fsp3) is 0.0909. The maximum absolute atomic E-state index is 13.8. The molecule has 0 radical (unpaired) electrons. The number of nitrogens with one attached hydrogen (secondary N) is 1. The highest BCUT2D eigenvalue weighted by Gasteiger charge is 2.31. The highest BCUT2D eigenvalue weighted by Crippen LogP contribution is 2.46. The van der Waals surface area contributed by atoms with Gasteiger partial charge in [0.25, 0.3) is 5.56 Å². The first kappa shape index (κ1) is 19.7. The molecule has 0 amide bonds. The predicted octanol–water partition coefficient (Wildman–Crippen LogP) is 4.77. The van der Waals surface area contributed by atoms with Crippen LogP contribution in [0.25, 0.3) is 11.0 Å². The van der Waals surface area contributed by atoms with Gasteiger partial charge in [0, 0.05) is 17.1 Å². The van der Waals surface area contributed by atoms with E-state index in [2.05, 4.69) is 10.2 Å². The Kier molecular flexibility index (Phi) is 5.55. The molecule has 0 fully saturated rings. The Morgan fingerprint density at radius 1 is 0.933 bits per heavy atom. The van der Waals surface area contributed by atoms with Gasteiger partial charge in [-0.15, -0.1) is 0 Å². The van der Waals surface area contributed by atoms with Crippen LogP contribution in [-0.2, 0) is 11.0 Å². The van der Waals surface area contributed by atoms with Crippen LogP contribution in [0, 0.1) is 0 Å². The summed E-state index contributed by atoms with van der Waals surface area (Å²) in [5.74, 6) is 0.669. The van der Waals surface area contributed by atoms with Crippen LogP contribution in [0.3, 0.4) is 0 Å². The molecule has 0 aliphatic rings. The van der Waals surface area contributed by atoms with Crippen LogP contribution in [0.2, 0.25) is 0 Å². The molecule has 0 unspecified atom stereocenters. The molecule has 4 aromatic rings. The first-order valence-electron chi connectivity index (χ1n) is 9.45. The molecule has 0 aliphatic carbocycles. The van der Waals surface area contributed by atoms with E-state index < -0.39 is 7.75 Å². The van der Waals surface area contributed by atoms with E-state index in [-0.39, 0.29) is 5.56 Å². The number of benzene rings is 2. The van der Waals surface area contributed by atoms with Crippen molar-refractivity contribution in [3.8, 4) is 11.5 Å². The molecule has 0 aliphatic heterocycles. The molecule has 2 aromatic carbocycles. The van der Waals surface area contributed by atoms with Crippen molar-refractivity contribution in [3.63, 3.8) is 0 Å². The lowest BCUT2D eigenvalue weighted by atomic mass is 10.2. The van der Waals surface area contributed by atoms with Gasteiger partial charge in [-0.2, -0.15) is 4.68 Å². The first-order chi connectivity index (χ1) is 14.6. The number of hydrogen-bond acceptors (Lipinski definition) is 5. The van der Waals surface area contributed by atoms with E-state index >= 15 is 0 Å². The standard InChI is InChI=1S/C22H20N3O4P/c1-2-17-16-18-10-9-15-23-21(18)25(22(17)26)24-30(27,28-19-11-5-3-6-12-19)29-20-13-7-4-8-14-20/h3-16H,2H2,1H3,(H,24,27). The number of hydrogen-bond donors (Lipinski definition) is 1. The summed E-state index contributed by atoms with van der Waals surface area (Å²) in [7, 11) is -4.07. The molecule has 152 valence electrons. The van der Waals surface area contributed by atoms with Crippen molar-refractivity contribution in [3.05, 3.63) is 101 Å². The average Bonchev–Trinajstić information content (AvgIpc) is 2.77. The Bertz CT molecular complexity index is 1210. The minimum atomic E-state index is -4.07. The fourth-order valence-corrected chi connectivity index (χ4v) is 4.31. The molecule has 0 atom stereocenters. The van der Waals surface area contributed by atoms with Crippen LogP contribution in [0.1, 0.15) is 12.5 Å². The second kappa shape index (κ2) is 8.43. The number of fused-ring (bicyclic) bond motifs is 1. The average molecular weight is 421 g/mol. The topological polar surface area (TPSA) is 82.5 Å². The minimum Gasteiger partial charge on any atom is -0.399 e. The van der Waals surface area contributed by atoms with Crippen LogP contribution in [0.15, 0.2) is 89.9 Å². The van der Waals surface area contributed by atoms with Crippen LogP contribution in [0.4, 0.5) is 0 Å². The number of aryl methyl sites for hydroxylation is 1. The molecule has 0 bridgehead atoms. The zero-order chi connectivity index (χ0) is 21.0. The summed E-state index contributed by atoms with van der Waals surface area (Å²) in [5, 5.41) is 3.42.